The highest BCUT2D eigenvalue weighted by Gasteiger charge is 2.13. The van der Waals surface area contributed by atoms with Gasteiger partial charge in [0.2, 0.25) is 0 Å². The van der Waals surface area contributed by atoms with Gasteiger partial charge in [-0.2, -0.15) is 0 Å². The van der Waals surface area contributed by atoms with Crippen molar-refractivity contribution in [2.24, 2.45) is 0 Å². The molecule has 2 nitrogen and oxygen atoms in total. The predicted octanol–water partition coefficient (Wildman–Crippen LogP) is 5.53. The third kappa shape index (κ3) is 2.23. The second kappa shape index (κ2) is 5.26. The molecule has 0 saturated carbocycles. The van der Waals surface area contributed by atoms with Gasteiger partial charge in [-0.15, -0.1) is 22.7 Å². The van der Waals surface area contributed by atoms with Gasteiger partial charge in [-0.05, 0) is 48.4 Å². The zero-order valence-electron chi connectivity index (χ0n) is 11.7. The number of aromatic nitrogens is 2. The normalized spacial score (nSPS) is 11.2. The van der Waals surface area contributed by atoms with E-state index in [0.717, 1.165) is 31.9 Å². The number of fused-ring (bicyclic) bond motifs is 1. The topological polar surface area (TPSA) is 25.8 Å². The standard InChI is InChI=1S/C17H11FN2S2/c1-10-6-11(2-4-13(10)18)16-17(22-9-20-16)12-3-5-14-15(7-12)21-8-19-14/h2-9H,1H3. The molecule has 5 heteroatoms. The van der Waals surface area contributed by atoms with E-state index in [0.29, 0.717) is 5.56 Å². The molecule has 0 N–H and O–H groups in total. The Labute approximate surface area is 134 Å². The molecule has 0 aliphatic carbocycles. The Morgan fingerprint density at radius 3 is 2.59 bits per heavy atom. The molecule has 2 heterocycles. The van der Waals surface area contributed by atoms with Gasteiger partial charge in [-0.3, -0.25) is 0 Å². The molecule has 22 heavy (non-hydrogen) atoms. The van der Waals surface area contributed by atoms with Crippen LogP contribution in [0.2, 0.25) is 0 Å². The Bertz CT molecular complexity index is 972. The summed E-state index contributed by atoms with van der Waals surface area (Å²) < 4.78 is 14.6. The van der Waals surface area contributed by atoms with Gasteiger partial charge in [0.25, 0.3) is 0 Å². The second-order valence-corrected chi connectivity index (χ2v) is 6.77. The van der Waals surface area contributed by atoms with Crippen molar-refractivity contribution in [2.75, 3.05) is 0 Å². The number of thiazole rings is 2. The van der Waals surface area contributed by atoms with Crippen molar-refractivity contribution >= 4 is 32.9 Å². The molecule has 0 atom stereocenters. The second-order valence-electron chi connectivity index (χ2n) is 5.03. The van der Waals surface area contributed by atoms with Crippen LogP contribution in [-0.2, 0) is 0 Å². The molecule has 0 unspecified atom stereocenters. The van der Waals surface area contributed by atoms with Crippen LogP contribution in [0.25, 0.3) is 31.9 Å². The van der Waals surface area contributed by atoms with Crippen LogP contribution < -0.4 is 0 Å². The van der Waals surface area contributed by atoms with Crippen LogP contribution in [-0.4, -0.2) is 9.97 Å². The Hall–Kier alpha value is -2.11. The molecule has 0 amide bonds. The van der Waals surface area contributed by atoms with Crippen molar-refractivity contribution in [1.29, 1.82) is 0 Å². The summed E-state index contributed by atoms with van der Waals surface area (Å²) in [5.41, 5.74) is 8.30. The summed E-state index contributed by atoms with van der Waals surface area (Å²) in [5, 5.41) is 0. The van der Waals surface area contributed by atoms with Crippen LogP contribution in [0.1, 0.15) is 5.56 Å². The minimum Gasteiger partial charge on any atom is -0.245 e. The third-order valence-corrected chi connectivity index (χ3v) is 5.26. The number of benzene rings is 2. The van der Waals surface area contributed by atoms with Crippen LogP contribution in [0.5, 0.6) is 0 Å². The van der Waals surface area contributed by atoms with E-state index in [1.54, 1.807) is 35.7 Å². The Morgan fingerprint density at radius 1 is 0.909 bits per heavy atom. The number of nitrogens with zero attached hydrogens (tertiary/aromatic N) is 2. The van der Waals surface area contributed by atoms with Crippen molar-refractivity contribution in [1.82, 2.24) is 9.97 Å². The summed E-state index contributed by atoms with van der Waals surface area (Å²) >= 11 is 3.23. The molecular weight excluding hydrogens is 315 g/mol. The molecule has 4 rings (SSSR count). The lowest BCUT2D eigenvalue weighted by molar-refractivity contribution is 0.619. The first-order valence-corrected chi connectivity index (χ1v) is 8.52. The minimum absolute atomic E-state index is 0.188. The van der Waals surface area contributed by atoms with Gasteiger partial charge < -0.3 is 0 Å². The van der Waals surface area contributed by atoms with E-state index in [-0.39, 0.29) is 5.82 Å². The summed E-state index contributed by atoms with van der Waals surface area (Å²) in [6.07, 6.45) is 0. The number of halogens is 1. The summed E-state index contributed by atoms with van der Waals surface area (Å²) in [5.74, 6) is -0.188. The molecule has 108 valence electrons. The fourth-order valence-corrected chi connectivity index (χ4v) is 3.97. The van der Waals surface area contributed by atoms with Crippen molar-refractivity contribution in [3.8, 4) is 21.7 Å². The van der Waals surface area contributed by atoms with Crippen LogP contribution in [0.15, 0.2) is 47.4 Å². The smallest absolute Gasteiger partial charge is 0.126 e. The van der Waals surface area contributed by atoms with Gasteiger partial charge in [0.1, 0.15) is 5.82 Å². The third-order valence-electron chi connectivity index (χ3n) is 3.59. The maximum atomic E-state index is 13.5. The maximum absolute atomic E-state index is 13.5. The van der Waals surface area contributed by atoms with Crippen LogP contribution in [0.4, 0.5) is 4.39 Å². The van der Waals surface area contributed by atoms with E-state index >= 15 is 0 Å². The molecule has 0 aliphatic rings. The van der Waals surface area contributed by atoms with Gasteiger partial charge in [0, 0.05) is 5.56 Å². The van der Waals surface area contributed by atoms with E-state index in [4.69, 9.17) is 0 Å². The van der Waals surface area contributed by atoms with E-state index in [2.05, 4.69) is 22.1 Å². The van der Waals surface area contributed by atoms with Gasteiger partial charge in [0.05, 0.1) is 31.8 Å². The average molecular weight is 326 g/mol. The molecule has 0 spiro atoms. The molecule has 4 aromatic rings. The highest BCUT2D eigenvalue weighted by Crippen LogP contribution is 2.36. The summed E-state index contributed by atoms with van der Waals surface area (Å²) in [4.78, 5) is 9.89. The molecule has 0 saturated heterocycles. The lowest BCUT2D eigenvalue weighted by Gasteiger charge is -2.05. The first kappa shape index (κ1) is 13.5. The molecule has 0 fully saturated rings. The number of hydrogen-bond donors (Lipinski definition) is 0. The summed E-state index contributed by atoms with van der Waals surface area (Å²) in [7, 11) is 0. The summed E-state index contributed by atoms with van der Waals surface area (Å²) in [6, 6.07) is 11.4. The largest absolute Gasteiger partial charge is 0.245 e. The average Bonchev–Trinajstić information content (AvgIpc) is 3.17. The molecule has 0 aliphatic heterocycles. The fraction of sp³-hybridized carbons (Fsp3) is 0.0588. The molecule has 0 bridgehead atoms. The van der Waals surface area contributed by atoms with Gasteiger partial charge in [-0.1, -0.05) is 6.07 Å². The van der Waals surface area contributed by atoms with E-state index < -0.39 is 0 Å². The van der Waals surface area contributed by atoms with Crippen molar-refractivity contribution < 1.29 is 4.39 Å². The fourth-order valence-electron chi connectivity index (χ4n) is 2.44. The van der Waals surface area contributed by atoms with Crippen molar-refractivity contribution in [3.63, 3.8) is 0 Å². The highest BCUT2D eigenvalue weighted by atomic mass is 32.1. The lowest BCUT2D eigenvalue weighted by atomic mass is 10.0. The van der Waals surface area contributed by atoms with E-state index in [1.165, 1.54) is 6.07 Å². The summed E-state index contributed by atoms with van der Waals surface area (Å²) in [6.45, 7) is 1.77. The molecule has 2 aromatic heterocycles. The van der Waals surface area contributed by atoms with Gasteiger partial charge in [0.15, 0.2) is 0 Å². The zero-order valence-corrected chi connectivity index (χ0v) is 13.3. The first-order chi connectivity index (χ1) is 10.7. The van der Waals surface area contributed by atoms with Crippen LogP contribution >= 0.6 is 22.7 Å². The SMILES string of the molecule is Cc1cc(-c2ncsc2-c2ccc3ncsc3c2)ccc1F. The van der Waals surface area contributed by atoms with Crippen molar-refractivity contribution in [3.05, 3.63) is 58.8 Å². The molecule has 2 aromatic carbocycles. The Morgan fingerprint density at radius 2 is 1.73 bits per heavy atom. The molecule has 0 radical (unpaired) electrons. The van der Waals surface area contributed by atoms with E-state index in [1.807, 2.05) is 23.2 Å². The zero-order chi connectivity index (χ0) is 15.1. The maximum Gasteiger partial charge on any atom is 0.126 e. The van der Waals surface area contributed by atoms with Gasteiger partial charge >= 0.3 is 0 Å². The monoisotopic (exact) mass is 326 g/mol. The molecular formula is C17H11FN2S2. The number of rotatable bonds is 2. The van der Waals surface area contributed by atoms with Crippen LogP contribution in [0.3, 0.4) is 0 Å². The quantitative estimate of drug-likeness (QED) is 0.484. The highest BCUT2D eigenvalue weighted by molar-refractivity contribution is 7.17. The lowest BCUT2D eigenvalue weighted by Crippen LogP contribution is -1.86. The van der Waals surface area contributed by atoms with E-state index in [9.17, 15) is 4.39 Å². The Kier molecular flexibility index (Phi) is 3.24. The first-order valence-electron chi connectivity index (χ1n) is 6.76. The number of hydrogen-bond acceptors (Lipinski definition) is 4. The van der Waals surface area contributed by atoms with Crippen LogP contribution in [0, 0.1) is 12.7 Å². The Balaban J connectivity index is 1.86. The van der Waals surface area contributed by atoms with Gasteiger partial charge in [-0.25, -0.2) is 14.4 Å². The van der Waals surface area contributed by atoms with Crippen molar-refractivity contribution in [2.45, 2.75) is 6.92 Å². The minimum atomic E-state index is -0.188. The number of aryl methyl sites for hydroxylation is 1. The predicted molar refractivity (Wildman–Crippen MR) is 90.9 cm³/mol.